The van der Waals surface area contributed by atoms with Crippen molar-refractivity contribution in [3.8, 4) is 0 Å². The summed E-state index contributed by atoms with van der Waals surface area (Å²) in [6.45, 7) is 3.91. The fraction of sp³-hybridized carbons (Fsp3) is 0.462. The first-order valence-electron chi connectivity index (χ1n) is 5.81. The van der Waals surface area contributed by atoms with Crippen LogP contribution in [-0.4, -0.2) is 23.3 Å². The fourth-order valence-electron chi connectivity index (χ4n) is 1.99. The maximum atomic E-state index is 11.7. The molecule has 92 valence electrons. The van der Waals surface area contributed by atoms with Gasteiger partial charge in [0.2, 0.25) is 0 Å². The highest BCUT2D eigenvalue weighted by molar-refractivity contribution is 5.89. The van der Waals surface area contributed by atoms with E-state index in [2.05, 4.69) is 10.6 Å². The predicted molar refractivity (Wildman–Crippen MR) is 66.8 cm³/mol. The number of hydrogen-bond donors (Lipinski definition) is 3. The SMILES string of the molecule is CC1(C)C(O)CC1NC(=O)Nc1ccccc1. The molecule has 2 atom stereocenters. The van der Waals surface area contributed by atoms with E-state index in [9.17, 15) is 9.90 Å². The van der Waals surface area contributed by atoms with Gasteiger partial charge in [-0.15, -0.1) is 0 Å². The number of aliphatic hydroxyl groups is 1. The Balaban J connectivity index is 1.87. The summed E-state index contributed by atoms with van der Waals surface area (Å²) in [6.07, 6.45) is 0.291. The molecule has 1 aliphatic carbocycles. The lowest BCUT2D eigenvalue weighted by molar-refractivity contribution is -0.0673. The van der Waals surface area contributed by atoms with E-state index in [1.165, 1.54) is 0 Å². The van der Waals surface area contributed by atoms with E-state index in [1.807, 2.05) is 44.2 Å². The third kappa shape index (κ3) is 2.42. The monoisotopic (exact) mass is 234 g/mol. The predicted octanol–water partition coefficient (Wildman–Crippen LogP) is 1.97. The highest BCUT2D eigenvalue weighted by Crippen LogP contribution is 2.40. The Bertz CT molecular complexity index is 403. The number of benzene rings is 1. The summed E-state index contributed by atoms with van der Waals surface area (Å²) in [5.41, 5.74) is 0.524. The topological polar surface area (TPSA) is 61.4 Å². The van der Waals surface area contributed by atoms with Crippen LogP contribution >= 0.6 is 0 Å². The minimum absolute atomic E-state index is 0.0289. The summed E-state index contributed by atoms with van der Waals surface area (Å²) < 4.78 is 0. The Labute approximate surface area is 101 Å². The number of anilines is 1. The second-order valence-corrected chi connectivity index (χ2v) is 5.09. The molecule has 2 unspecified atom stereocenters. The van der Waals surface area contributed by atoms with Gasteiger partial charge in [-0.2, -0.15) is 0 Å². The van der Waals surface area contributed by atoms with Crippen LogP contribution in [0.25, 0.3) is 0 Å². The second kappa shape index (κ2) is 4.37. The molecule has 1 aromatic rings. The van der Waals surface area contributed by atoms with Gasteiger partial charge in [0.15, 0.2) is 0 Å². The zero-order valence-electron chi connectivity index (χ0n) is 10.1. The van der Waals surface area contributed by atoms with Crippen molar-refractivity contribution < 1.29 is 9.90 Å². The summed E-state index contributed by atoms with van der Waals surface area (Å²) >= 11 is 0. The Hall–Kier alpha value is -1.55. The van der Waals surface area contributed by atoms with E-state index in [-0.39, 0.29) is 23.6 Å². The van der Waals surface area contributed by atoms with E-state index < -0.39 is 0 Å². The molecule has 1 saturated carbocycles. The van der Waals surface area contributed by atoms with Crippen molar-refractivity contribution in [2.24, 2.45) is 5.41 Å². The molecule has 4 nitrogen and oxygen atoms in total. The average molecular weight is 234 g/mol. The summed E-state index contributed by atoms with van der Waals surface area (Å²) in [6, 6.07) is 9.11. The molecule has 0 spiro atoms. The number of urea groups is 1. The minimum atomic E-state index is -0.329. The second-order valence-electron chi connectivity index (χ2n) is 5.09. The highest BCUT2D eigenvalue weighted by atomic mass is 16.3. The largest absolute Gasteiger partial charge is 0.392 e. The van der Waals surface area contributed by atoms with Crippen LogP contribution in [0.4, 0.5) is 10.5 Å². The van der Waals surface area contributed by atoms with E-state index in [0.29, 0.717) is 6.42 Å². The third-order valence-corrected chi connectivity index (χ3v) is 3.55. The fourth-order valence-corrected chi connectivity index (χ4v) is 1.99. The molecule has 3 N–H and O–H groups in total. The molecule has 2 rings (SSSR count). The lowest BCUT2D eigenvalue weighted by Gasteiger charge is -2.49. The third-order valence-electron chi connectivity index (χ3n) is 3.55. The molecule has 1 aliphatic rings. The van der Waals surface area contributed by atoms with Gasteiger partial charge in [-0.25, -0.2) is 4.79 Å². The molecule has 4 heteroatoms. The molecule has 1 aromatic carbocycles. The number of para-hydroxylation sites is 1. The van der Waals surface area contributed by atoms with Crippen LogP contribution < -0.4 is 10.6 Å². The van der Waals surface area contributed by atoms with E-state index in [1.54, 1.807) is 0 Å². The van der Waals surface area contributed by atoms with Crippen molar-refractivity contribution in [3.05, 3.63) is 30.3 Å². The van der Waals surface area contributed by atoms with Crippen LogP contribution in [0.2, 0.25) is 0 Å². The summed E-state index contributed by atoms with van der Waals surface area (Å²) in [5.74, 6) is 0. The van der Waals surface area contributed by atoms with E-state index in [4.69, 9.17) is 0 Å². The molecule has 0 heterocycles. The maximum absolute atomic E-state index is 11.7. The van der Waals surface area contributed by atoms with Crippen molar-refractivity contribution in [1.29, 1.82) is 0 Å². The van der Waals surface area contributed by atoms with Crippen molar-refractivity contribution in [2.75, 3.05) is 5.32 Å². The normalized spacial score (nSPS) is 25.8. The molecular formula is C13H18N2O2. The van der Waals surface area contributed by atoms with Crippen LogP contribution in [0, 0.1) is 5.41 Å². The van der Waals surface area contributed by atoms with Gasteiger partial charge in [0.25, 0.3) is 0 Å². The average Bonchev–Trinajstić information content (AvgIpc) is 2.30. The van der Waals surface area contributed by atoms with Gasteiger partial charge in [-0.1, -0.05) is 32.0 Å². The summed E-state index contributed by atoms with van der Waals surface area (Å²) in [7, 11) is 0. The minimum Gasteiger partial charge on any atom is -0.392 e. The van der Waals surface area contributed by atoms with Gasteiger partial charge in [-0.3, -0.25) is 0 Å². The lowest BCUT2D eigenvalue weighted by Crippen LogP contribution is -2.61. The number of carbonyl (C=O) groups is 1. The van der Waals surface area contributed by atoms with Gasteiger partial charge in [0.05, 0.1) is 6.10 Å². The standard InChI is InChI=1S/C13H18N2O2/c1-13(2)10(8-11(13)16)15-12(17)14-9-6-4-3-5-7-9/h3-7,10-11,16H,8H2,1-2H3,(H2,14,15,17). The zero-order chi connectivity index (χ0) is 12.5. The number of aliphatic hydroxyl groups excluding tert-OH is 1. The number of amides is 2. The highest BCUT2D eigenvalue weighted by Gasteiger charge is 2.47. The molecule has 0 aliphatic heterocycles. The Kier molecular flexibility index (Phi) is 3.07. The molecule has 1 fully saturated rings. The van der Waals surface area contributed by atoms with Crippen LogP contribution in [0.15, 0.2) is 30.3 Å². The van der Waals surface area contributed by atoms with Gasteiger partial charge >= 0.3 is 6.03 Å². The van der Waals surface area contributed by atoms with E-state index in [0.717, 1.165) is 5.69 Å². The number of carbonyl (C=O) groups excluding carboxylic acids is 1. The van der Waals surface area contributed by atoms with E-state index >= 15 is 0 Å². The van der Waals surface area contributed by atoms with Crippen molar-refractivity contribution in [1.82, 2.24) is 5.32 Å². The molecule has 17 heavy (non-hydrogen) atoms. The zero-order valence-corrected chi connectivity index (χ0v) is 10.1. The summed E-state index contributed by atoms with van der Waals surface area (Å²) in [5, 5.41) is 15.2. The lowest BCUT2D eigenvalue weighted by atomic mass is 9.65. The van der Waals surface area contributed by atoms with Crippen LogP contribution in [0.3, 0.4) is 0 Å². The molecule has 0 saturated heterocycles. The van der Waals surface area contributed by atoms with Gasteiger partial charge in [0.1, 0.15) is 0 Å². The Morgan fingerprint density at radius 1 is 1.35 bits per heavy atom. The van der Waals surface area contributed by atoms with Crippen LogP contribution in [0.1, 0.15) is 20.3 Å². The van der Waals surface area contributed by atoms with Crippen LogP contribution in [0.5, 0.6) is 0 Å². The smallest absolute Gasteiger partial charge is 0.319 e. The first kappa shape index (κ1) is 11.9. The summed E-state index contributed by atoms with van der Waals surface area (Å²) in [4.78, 5) is 11.7. The van der Waals surface area contributed by atoms with Crippen molar-refractivity contribution in [2.45, 2.75) is 32.4 Å². The molecular weight excluding hydrogens is 216 g/mol. The number of rotatable bonds is 2. The van der Waals surface area contributed by atoms with Gasteiger partial charge < -0.3 is 15.7 Å². The van der Waals surface area contributed by atoms with Gasteiger partial charge in [-0.05, 0) is 18.6 Å². The quantitative estimate of drug-likeness (QED) is 0.732. The first-order chi connectivity index (χ1) is 8.00. The molecule has 0 radical (unpaired) electrons. The van der Waals surface area contributed by atoms with Crippen LogP contribution in [-0.2, 0) is 0 Å². The van der Waals surface area contributed by atoms with Crippen molar-refractivity contribution >= 4 is 11.7 Å². The first-order valence-corrected chi connectivity index (χ1v) is 5.81. The molecule has 2 amide bonds. The number of hydrogen-bond acceptors (Lipinski definition) is 2. The van der Waals surface area contributed by atoms with Gasteiger partial charge in [0, 0.05) is 17.1 Å². The van der Waals surface area contributed by atoms with Crippen molar-refractivity contribution in [3.63, 3.8) is 0 Å². The Morgan fingerprint density at radius 3 is 2.53 bits per heavy atom. The Morgan fingerprint density at radius 2 is 2.00 bits per heavy atom. The maximum Gasteiger partial charge on any atom is 0.319 e. The number of nitrogens with one attached hydrogen (secondary N) is 2. The molecule has 0 bridgehead atoms. The molecule has 0 aromatic heterocycles.